The summed E-state index contributed by atoms with van der Waals surface area (Å²) in [5.41, 5.74) is 3.14. The van der Waals surface area contributed by atoms with Crippen LogP contribution in [-0.4, -0.2) is 53.4 Å². The summed E-state index contributed by atoms with van der Waals surface area (Å²) in [4.78, 5) is 26.9. The van der Waals surface area contributed by atoms with Crippen molar-refractivity contribution < 1.29 is 4.79 Å². The Balaban J connectivity index is 1.42. The molecular weight excluding hydrogens is 452 g/mol. The topological polar surface area (TPSA) is 49.3 Å². The third-order valence-corrected chi connectivity index (χ3v) is 6.17. The lowest BCUT2D eigenvalue weighted by atomic mass is 10.1. The van der Waals surface area contributed by atoms with Crippen molar-refractivity contribution in [2.24, 2.45) is 0 Å². The fourth-order valence-corrected chi connectivity index (χ4v) is 4.29. The molecule has 4 rings (SSSR count). The van der Waals surface area contributed by atoms with E-state index in [9.17, 15) is 4.79 Å². The summed E-state index contributed by atoms with van der Waals surface area (Å²) in [6.45, 7) is 6.87. The number of anilines is 1. The molecule has 0 atom stereocenters. The molecule has 1 aliphatic heterocycles. The lowest BCUT2D eigenvalue weighted by molar-refractivity contribution is 0.103. The first-order valence-electron chi connectivity index (χ1n) is 10.8. The standard InChI is InChI=1S/C25H27BrN4O/c1-19-22(17-21(26)18-27-19)25(31)23-9-5-10-24(28-23)30-13-6-12-29(15-16-30)14-11-20-7-3-2-4-8-20/h2-5,7-10,17-18H,6,11-16H2,1H3. The third kappa shape index (κ3) is 5.57. The van der Waals surface area contributed by atoms with Crippen LogP contribution in [0, 0.1) is 6.92 Å². The van der Waals surface area contributed by atoms with Gasteiger partial charge in [0.1, 0.15) is 11.5 Å². The largest absolute Gasteiger partial charge is 0.355 e. The van der Waals surface area contributed by atoms with E-state index in [0.29, 0.717) is 17.0 Å². The molecular formula is C25H27BrN4O. The highest BCUT2D eigenvalue weighted by Crippen LogP contribution is 2.20. The molecule has 0 spiro atoms. The number of carbonyl (C=O) groups is 1. The van der Waals surface area contributed by atoms with E-state index in [2.05, 4.69) is 61.0 Å². The molecule has 31 heavy (non-hydrogen) atoms. The van der Waals surface area contributed by atoms with Gasteiger partial charge < -0.3 is 9.80 Å². The number of aromatic nitrogens is 2. The van der Waals surface area contributed by atoms with Crippen LogP contribution in [0.5, 0.6) is 0 Å². The molecule has 1 saturated heterocycles. The fraction of sp³-hybridized carbons (Fsp3) is 0.320. The molecule has 0 bridgehead atoms. The van der Waals surface area contributed by atoms with Crippen LogP contribution in [0.1, 0.15) is 33.7 Å². The Morgan fingerprint density at radius 1 is 1.03 bits per heavy atom. The molecule has 3 aromatic rings. The van der Waals surface area contributed by atoms with Gasteiger partial charge in [-0.05, 0) is 66.0 Å². The van der Waals surface area contributed by atoms with E-state index in [4.69, 9.17) is 4.98 Å². The molecule has 0 aliphatic carbocycles. The number of aryl methyl sites for hydroxylation is 1. The lowest BCUT2D eigenvalue weighted by Gasteiger charge is -2.23. The van der Waals surface area contributed by atoms with Crippen molar-refractivity contribution in [1.29, 1.82) is 0 Å². The number of rotatable bonds is 6. The minimum Gasteiger partial charge on any atom is -0.355 e. The maximum atomic E-state index is 13.0. The van der Waals surface area contributed by atoms with Crippen LogP contribution in [0.2, 0.25) is 0 Å². The zero-order chi connectivity index (χ0) is 21.6. The van der Waals surface area contributed by atoms with Crippen LogP contribution in [0.3, 0.4) is 0 Å². The Bertz CT molecular complexity index is 1040. The molecule has 160 valence electrons. The van der Waals surface area contributed by atoms with Gasteiger partial charge >= 0.3 is 0 Å². The van der Waals surface area contributed by atoms with Crippen LogP contribution in [0.4, 0.5) is 5.82 Å². The van der Waals surface area contributed by atoms with Crippen molar-refractivity contribution in [3.05, 3.63) is 87.8 Å². The minimum absolute atomic E-state index is 0.0903. The lowest BCUT2D eigenvalue weighted by Crippen LogP contribution is -2.32. The van der Waals surface area contributed by atoms with Gasteiger partial charge in [0.05, 0.1) is 0 Å². The molecule has 1 fully saturated rings. The number of hydrogen-bond acceptors (Lipinski definition) is 5. The number of halogens is 1. The molecule has 5 nitrogen and oxygen atoms in total. The predicted molar refractivity (Wildman–Crippen MR) is 128 cm³/mol. The maximum Gasteiger partial charge on any atom is 0.213 e. The molecule has 0 saturated carbocycles. The molecule has 6 heteroatoms. The smallest absolute Gasteiger partial charge is 0.213 e. The fourth-order valence-electron chi connectivity index (χ4n) is 3.96. The number of benzene rings is 1. The minimum atomic E-state index is -0.0903. The summed E-state index contributed by atoms with van der Waals surface area (Å²) in [6, 6.07) is 18.2. The summed E-state index contributed by atoms with van der Waals surface area (Å²) in [5, 5.41) is 0. The van der Waals surface area contributed by atoms with Gasteiger partial charge in [-0.2, -0.15) is 0 Å². The molecule has 0 radical (unpaired) electrons. The van der Waals surface area contributed by atoms with E-state index in [-0.39, 0.29) is 5.78 Å². The molecule has 1 aliphatic rings. The zero-order valence-corrected chi connectivity index (χ0v) is 19.4. The molecule has 0 N–H and O–H groups in total. The van der Waals surface area contributed by atoms with Gasteiger partial charge in [0.2, 0.25) is 5.78 Å². The van der Waals surface area contributed by atoms with Gasteiger partial charge in [-0.1, -0.05) is 36.4 Å². The molecule has 1 aromatic carbocycles. The Hall–Kier alpha value is -2.57. The van der Waals surface area contributed by atoms with Crippen molar-refractivity contribution in [1.82, 2.24) is 14.9 Å². The summed E-state index contributed by atoms with van der Waals surface area (Å²) in [6.07, 6.45) is 3.86. The van der Waals surface area contributed by atoms with Crippen molar-refractivity contribution in [3.63, 3.8) is 0 Å². The average Bonchev–Trinajstić information content (AvgIpc) is 3.05. The van der Waals surface area contributed by atoms with E-state index in [0.717, 1.165) is 55.9 Å². The van der Waals surface area contributed by atoms with Crippen LogP contribution >= 0.6 is 15.9 Å². The molecule has 3 heterocycles. The number of ketones is 1. The van der Waals surface area contributed by atoms with Gasteiger partial charge in [0.25, 0.3) is 0 Å². The predicted octanol–water partition coefficient (Wildman–Crippen LogP) is 4.53. The SMILES string of the molecule is Cc1ncc(Br)cc1C(=O)c1cccc(N2CCCN(CCc3ccccc3)CC2)n1. The Morgan fingerprint density at radius 3 is 2.71 bits per heavy atom. The molecule has 2 aromatic heterocycles. The van der Waals surface area contributed by atoms with Gasteiger partial charge in [0.15, 0.2) is 0 Å². The van der Waals surface area contributed by atoms with E-state index in [1.807, 2.05) is 25.1 Å². The second-order valence-electron chi connectivity index (χ2n) is 7.91. The second kappa shape index (κ2) is 10.2. The van der Waals surface area contributed by atoms with Gasteiger partial charge in [-0.25, -0.2) is 4.98 Å². The summed E-state index contributed by atoms with van der Waals surface area (Å²) in [7, 11) is 0. The monoisotopic (exact) mass is 478 g/mol. The average molecular weight is 479 g/mol. The third-order valence-electron chi connectivity index (χ3n) is 5.74. The van der Waals surface area contributed by atoms with E-state index in [1.165, 1.54) is 5.56 Å². The van der Waals surface area contributed by atoms with Gasteiger partial charge in [0, 0.05) is 48.1 Å². The van der Waals surface area contributed by atoms with Crippen LogP contribution in [-0.2, 0) is 6.42 Å². The number of pyridine rings is 2. The van der Waals surface area contributed by atoms with Crippen LogP contribution < -0.4 is 4.90 Å². The van der Waals surface area contributed by atoms with Crippen molar-refractivity contribution in [2.75, 3.05) is 37.6 Å². The van der Waals surface area contributed by atoms with Gasteiger partial charge in [-0.3, -0.25) is 9.78 Å². The van der Waals surface area contributed by atoms with E-state index in [1.54, 1.807) is 12.3 Å². The normalized spacial score (nSPS) is 15.0. The summed E-state index contributed by atoms with van der Waals surface area (Å²) >= 11 is 3.41. The van der Waals surface area contributed by atoms with Crippen molar-refractivity contribution in [3.8, 4) is 0 Å². The highest BCUT2D eigenvalue weighted by molar-refractivity contribution is 9.10. The number of carbonyl (C=O) groups excluding carboxylic acids is 1. The van der Waals surface area contributed by atoms with Crippen LogP contribution in [0.25, 0.3) is 0 Å². The first-order valence-corrected chi connectivity index (χ1v) is 11.5. The maximum absolute atomic E-state index is 13.0. The highest BCUT2D eigenvalue weighted by Gasteiger charge is 2.19. The summed E-state index contributed by atoms with van der Waals surface area (Å²) in [5.74, 6) is 0.781. The Kier molecular flexibility index (Phi) is 7.10. The zero-order valence-electron chi connectivity index (χ0n) is 17.8. The van der Waals surface area contributed by atoms with Crippen LogP contribution in [0.15, 0.2) is 65.3 Å². The molecule has 0 unspecified atom stereocenters. The Labute approximate surface area is 192 Å². The number of hydrogen-bond donors (Lipinski definition) is 0. The number of nitrogens with zero attached hydrogens (tertiary/aromatic N) is 4. The Morgan fingerprint density at radius 2 is 1.87 bits per heavy atom. The van der Waals surface area contributed by atoms with Gasteiger partial charge in [-0.15, -0.1) is 0 Å². The quantitative estimate of drug-likeness (QED) is 0.487. The van der Waals surface area contributed by atoms with E-state index >= 15 is 0 Å². The van der Waals surface area contributed by atoms with Crippen molar-refractivity contribution >= 4 is 27.5 Å². The first kappa shape index (κ1) is 21.7. The second-order valence-corrected chi connectivity index (χ2v) is 8.83. The highest BCUT2D eigenvalue weighted by atomic mass is 79.9. The molecule has 0 amide bonds. The van der Waals surface area contributed by atoms with E-state index < -0.39 is 0 Å². The first-order chi connectivity index (χ1) is 15.1. The summed E-state index contributed by atoms with van der Waals surface area (Å²) < 4.78 is 0.792. The van der Waals surface area contributed by atoms with Crippen molar-refractivity contribution in [2.45, 2.75) is 19.8 Å².